The van der Waals surface area contributed by atoms with E-state index < -0.39 is 15.1 Å². The standard InChI is InChI=1S/C16H22FNO3S/c1-12(13-5-7-14(17)8-6-13)10-16(19)18-9-3-4-15(11-18)22(2,20)21/h5-8,12,15H,3-4,9-11H2,1-2H3. The van der Waals surface area contributed by atoms with Gasteiger partial charge in [-0.05, 0) is 36.5 Å². The first-order chi connectivity index (χ1) is 10.3. The van der Waals surface area contributed by atoms with Crippen LogP contribution in [0.25, 0.3) is 0 Å². The van der Waals surface area contributed by atoms with Gasteiger partial charge in [0.1, 0.15) is 5.82 Å². The van der Waals surface area contributed by atoms with E-state index in [-0.39, 0.29) is 24.2 Å². The molecule has 0 N–H and O–H groups in total. The Morgan fingerprint density at radius 2 is 2.00 bits per heavy atom. The van der Waals surface area contributed by atoms with Gasteiger partial charge in [-0.1, -0.05) is 19.1 Å². The second-order valence-electron chi connectivity index (χ2n) is 6.09. The number of halogens is 1. The van der Waals surface area contributed by atoms with Crippen molar-refractivity contribution < 1.29 is 17.6 Å². The van der Waals surface area contributed by atoms with Crippen LogP contribution >= 0.6 is 0 Å². The van der Waals surface area contributed by atoms with E-state index in [1.807, 2.05) is 6.92 Å². The van der Waals surface area contributed by atoms with Gasteiger partial charge in [-0.25, -0.2) is 12.8 Å². The van der Waals surface area contributed by atoms with Gasteiger partial charge in [0, 0.05) is 25.8 Å². The zero-order valence-electron chi connectivity index (χ0n) is 13.0. The molecule has 1 amide bonds. The van der Waals surface area contributed by atoms with Crippen molar-refractivity contribution in [3.8, 4) is 0 Å². The van der Waals surface area contributed by atoms with Crippen LogP contribution in [-0.2, 0) is 14.6 Å². The zero-order valence-corrected chi connectivity index (χ0v) is 13.8. The van der Waals surface area contributed by atoms with Crippen molar-refractivity contribution in [2.24, 2.45) is 0 Å². The van der Waals surface area contributed by atoms with Crippen molar-refractivity contribution >= 4 is 15.7 Å². The fraction of sp³-hybridized carbons (Fsp3) is 0.562. The van der Waals surface area contributed by atoms with Gasteiger partial charge in [-0.15, -0.1) is 0 Å². The first-order valence-electron chi connectivity index (χ1n) is 7.49. The summed E-state index contributed by atoms with van der Waals surface area (Å²) in [5.41, 5.74) is 0.909. The first-order valence-corrected chi connectivity index (χ1v) is 9.45. The molecule has 1 saturated heterocycles. The summed E-state index contributed by atoms with van der Waals surface area (Å²) in [6.45, 7) is 2.82. The normalized spacial score (nSPS) is 20.7. The molecule has 0 radical (unpaired) electrons. The molecule has 0 bridgehead atoms. The molecule has 6 heteroatoms. The maximum absolute atomic E-state index is 12.9. The maximum Gasteiger partial charge on any atom is 0.223 e. The summed E-state index contributed by atoms with van der Waals surface area (Å²) in [4.78, 5) is 14.0. The molecule has 2 rings (SSSR count). The van der Waals surface area contributed by atoms with Crippen molar-refractivity contribution in [2.75, 3.05) is 19.3 Å². The lowest BCUT2D eigenvalue weighted by Crippen LogP contribution is -2.45. The molecule has 0 spiro atoms. The molecule has 122 valence electrons. The molecule has 1 aromatic rings. The Labute approximate surface area is 131 Å². The second kappa shape index (κ2) is 6.77. The number of hydrogen-bond donors (Lipinski definition) is 0. The SMILES string of the molecule is CC(CC(=O)N1CCCC(S(C)(=O)=O)C1)c1ccc(F)cc1. The lowest BCUT2D eigenvalue weighted by molar-refractivity contribution is -0.132. The second-order valence-corrected chi connectivity index (χ2v) is 8.42. The van der Waals surface area contributed by atoms with Gasteiger partial charge < -0.3 is 4.90 Å². The predicted octanol–water partition coefficient (Wildman–Crippen LogP) is 2.35. The highest BCUT2D eigenvalue weighted by Gasteiger charge is 2.30. The third-order valence-electron chi connectivity index (χ3n) is 4.26. The van der Waals surface area contributed by atoms with E-state index in [1.54, 1.807) is 17.0 Å². The molecule has 2 unspecified atom stereocenters. The summed E-state index contributed by atoms with van der Waals surface area (Å²) in [6, 6.07) is 6.14. The lowest BCUT2D eigenvalue weighted by Gasteiger charge is -2.32. The molecule has 1 heterocycles. The minimum absolute atomic E-state index is 0.0216. The number of nitrogens with zero attached hydrogens (tertiary/aromatic N) is 1. The Balaban J connectivity index is 1.98. The molecule has 0 aromatic heterocycles. The fourth-order valence-corrected chi connectivity index (χ4v) is 3.86. The average Bonchev–Trinajstić information content (AvgIpc) is 2.47. The minimum Gasteiger partial charge on any atom is -0.341 e. The number of likely N-dealkylation sites (tertiary alicyclic amines) is 1. The Morgan fingerprint density at radius 3 is 2.59 bits per heavy atom. The van der Waals surface area contributed by atoms with E-state index in [9.17, 15) is 17.6 Å². The number of amides is 1. The summed E-state index contributed by atoms with van der Waals surface area (Å²) in [6.07, 6.45) is 2.87. The number of sulfone groups is 1. The number of hydrogen-bond acceptors (Lipinski definition) is 3. The largest absolute Gasteiger partial charge is 0.341 e. The molecule has 1 aromatic carbocycles. The Bertz CT molecular complexity index is 627. The van der Waals surface area contributed by atoms with Crippen molar-refractivity contribution in [2.45, 2.75) is 37.4 Å². The molecule has 1 aliphatic heterocycles. The highest BCUT2D eigenvalue weighted by molar-refractivity contribution is 7.91. The zero-order chi connectivity index (χ0) is 16.3. The van der Waals surface area contributed by atoms with E-state index in [4.69, 9.17) is 0 Å². The number of piperidine rings is 1. The van der Waals surface area contributed by atoms with Gasteiger partial charge in [0.2, 0.25) is 5.91 Å². The van der Waals surface area contributed by atoms with Crippen LogP contribution in [0, 0.1) is 5.82 Å². The van der Waals surface area contributed by atoms with E-state index in [1.165, 1.54) is 18.4 Å². The average molecular weight is 327 g/mol. The number of rotatable bonds is 4. The van der Waals surface area contributed by atoms with Crippen molar-refractivity contribution in [1.29, 1.82) is 0 Å². The summed E-state index contributed by atoms with van der Waals surface area (Å²) in [5, 5.41) is -0.452. The fourth-order valence-electron chi connectivity index (χ4n) is 2.81. The van der Waals surface area contributed by atoms with E-state index in [2.05, 4.69) is 0 Å². The quantitative estimate of drug-likeness (QED) is 0.853. The van der Waals surface area contributed by atoms with E-state index in [0.29, 0.717) is 25.8 Å². The highest BCUT2D eigenvalue weighted by atomic mass is 32.2. The first kappa shape index (κ1) is 16.9. The van der Waals surface area contributed by atoms with Gasteiger partial charge in [0.15, 0.2) is 9.84 Å². The molecular formula is C16H22FNO3S. The van der Waals surface area contributed by atoms with Crippen LogP contribution in [0.5, 0.6) is 0 Å². The summed E-state index contributed by atoms with van der Waals surface area (Å²) in [7, 11) is -3.11. The van der Waals surface area contributed by atoms with Crippen LogP contribution in [0.3, 0.4) is 0 Å². The molecule has 0 aliphatic carbocycles. The topological polar surface area (TPSA) is 54.5 Å². The van der Waals surface area contributed by atoms with Crippen LogP contribution < -0.4 is 0 Å². The highest BCUT2D eigenvalue weighted by Crippen LogP contribution is 2.23. The monoisotopic (exact) mass is 327 g/mol. The third kappa shape index (κ3) is 4.29. The summed E-state index contributed by atoms with van der Waals surface area (Å²) in [5.74, 6) is -0.355. The van der Waals surface area contributed by atoms with Gasteiger partial charge in [0.05, 0.1) is 5.25 Å². The van der Waals surface area contributed by atoms with Gasteiger partial charge in [-0.3, -0.25) is 4.79 Å². The third-order valence-corrected chi connectivity index (χ3v) is 5.85. The van der Waals surface area contributed by atoms with Crippen molar-refractivity contribution in [1.82, 2.24) is 4.90 Å². The molecule has 2 atom stereocenters. The molecular weight excluding hydrogens is 305 g/mol. The number of carbonyl (C=O) groups excluding carboxylic acids is 1. The molecule has 0 saturated carbocycles. The van der Waals surface area contributed by atoms with Crippen LogP contribution in [0.1, 0.15) is 37.7 Å². The Kier molecular flexibility index (Phi) is 5.21. The smallest absolute Gasteiger partial charge is 0.223 e. The van der Waals surface area contributed by atoms with E-state index in [0.717, 1.165) is 5.56 Å². The van der Waals surface area contributed by atoms with Gasteiger partial charge in [-0.2, -0.15) is 0 Å². The Morgan fingerprint density at radius 1 is 1.36 bits per heavy atom. The molecule has 22 heavy (non-hydrogen) atoms. The van der Waals surface area contributed by atoms with E-state index >= 15 is 0 Å². The maximum atomic E-state index is 12.9. The van der Waals surface area contributed by atoms with Crippen LogP contribution in [0.4, 0.5) is 4.39 Å². The van der Waals surface area contributed by atoms with Crippen LogP contribution in [-0.4, -0.2) is 43.8 Å². The summed E-state index contributed by atoms with van der Waals surface area (Å²) >= 11 is 0. The molecule has 1 fully saturated rings. The molecule has 4 nitrogen and oxygen atoms in total. The summed E-state index contributed by atoms with van der Waals surface area (Å²) < 4.78 is 36.2. The lowest BCUT2D eigenvalue weighted by atomic mass is 9.96. The molecule has 1 aliphatic rings. The van der Waals surface area contributed by atoms with Crippen molar-refractivity contribution in [3.05, 3.63) is 35.6 Å². The Hall–Kier alpha value is -1.43. The van der Waals surface area contributed by atoms with Crippen LogP contribution in [0.15, 0.2) is 24.3 Å². The van der Waals surface area contributed by atoms with Crippen LogP contribution in [0.2, 0.25) is 0 Å². The van der Waals surface area contributed by atoms with Gasteiger partial charge >= 0.3 is 0 Å². The van der Waals surface area contributed by atoms with Gasteiger partial charge in [0.25, 0.3) is 0 Å². The van der Waals surface area contributed by atoms with Crippen molar-refractivity contribution in [3.63, 3.8) is 0 Å². The number of benzene rings is 1. The minimum atomic E-state index is -3.11. The predicted molar refractivity (Wildman–Crippen MR) is 83.9 cm³/mol. The number of carbonyl (C=O) groups is 1.